The summed E-state index contributed by atoms with van der Waals surface area (Å²) in [5.41, 5.74) is -7.07. The van der Waals surface area contributed by atoms with E-state index in [2.05, 4.69) is 0 Å². The second kappa shape index (κ2) is 6.62. The maximum Gasteiger partial charge on any atom is 0.460 e. The minimum absolute atomic E-state index is 0.265. The molecule has 0 aliphatic carbocycles. The van der Waals surface area contributed by atoms with E-state index in [0.717, 1.165) is 0 Å². The average Bonchev–Trinajstić information content (AvgIpc) is 2.51. The first-order valence-electron chi connectivity index (χ1n) is 6.53. The molecule has 1 nitrogen and oxygen atoms in total. The lowest BCUT2D eigenvalue weighted by atomic mass is 9.91. The summed E-state index contributed by atoms with van der Waals surface area (Å²) in [6.07, 6.45) is -13.9. The molecular formula is C13H5F14O. The van der Waals surface area contributed by atoms with Crippen LogP contribution < -0.4 is 0 Å². The lowest BCUT2D eigenvalue weighted by molar-refractivity contribution is -0.361. The van der Waals surface area contributed by atoms with Crippen LogP contribution in [0.2, 0.25) is 0 Å². The SMILES string of the molecule is [O]Cc1ccc(C(F)(F)C(F)(F)C(F)(F)F)cc1C(F)(F)C(F)(F)C(F)(F)F. The lowest BCUT2D eigenvalue weighted by Gasteiger charge is -2.32. The van der Waals surface area contributed by atoms with Crippen molar-refractivity contribution in [2.24, 2.45) is 0 Å². The summed E-state index contributed by atoms with van der Waals surface area (Å²) < 4.78 is 180. The third-order valence-electron chi connectivity index (χ3n) is 3.47. The highest BCUT2D eigenvalue weighted by molar-refractivity contribution is 5.39. The van der Waals surface area contributed by atoms with Crippen molar-refractivity contribution in [3.05, 3.63) is 34.9 Å². The molecule has 28 heavy (non-hydrogen) atoms. The highest BCUT2D eigenvalue weighted by Crippen LogP contribution is 2.55. The van der Waals surface area contributed by atoms with Crippen molar-refractivity contribution < 1.29 is 66.6 Å². The molecule has 0 unspecified atom stereocenters. The van der Waals surface area contributed by atoms with Crippen LogP contribution >= 0.6 is 0 Å². The smallest absolute Gasteiger partial charge is 0.232 e. The van der Waals surface area contributed by atoms with Crippen molar-refractivity contribution in [2.75, 3.05) is 0 Å². The molecule has 1 rings (SSSR count). The van der Waals surface area contributed by atoms with E-state index in [1.807, 2.05) is 0 Å². The van der Waals surface area contributed by atoms with E-state index < -0.39 is 71.5 Å². The van der Waals surface area contributed by atoms with Crippen LogP contribution in [0, 0.1) is 0 Å². The van der Waals surface area contributed by atoms with Crippen LogP contribution in [0.4, 0.5) is 61.5 Å². The molecule has 0 bridgehead atoms. The lowest BCUT2D eigenvalue weighted by Crippen LogP contribution is -2.51. The zero-order chi connectivity index (χ0) is 22.6. The molecule has 0 fully saturated rings. The summed E-state index contributed by atoms with van der Waals surface area (Å²) in [7, 11) is 0. The van der Waals surface area contributed by atoms with Gasteiger partial charge < -0.3 is 0 Å². The second-order valence-electron chi connectivity index (χ2n) is 5.31. The van der Waals surface area contributed by atoms with Gasteiger partial charge in [-0.05, 0) is 11.6 Å². The van der Waals surface area contributed by atoms with Gasteiger partial charge in [0.25, 0.3) is 0 Å². The fourth-order valence-electron chi connectivity index (χ4n) is 1.90. The molecule has 0 N–H and O–H groups in total. The molecule has 161 valence electrons. The Bertz CT molecular complexity index is 715. The zero-order valence-corrected chi connectivity index (χ0v) is 12.6. The zero-order valence-electron chi connectivity index (χ0n) is 12.6. The van der Waals surface area contributed by atoms with Crippen LogP contribution in [0.15, 0.2) is 18.2 Å². The Morgan fingerprint density at radius 2 is 1.00 bits per heavy atom. The van der Waals surface area contributed by atoms with Gasteiger partial charge in [0.05, 0.1) is 0 Å². The van der Waals surface area contributed by atoms with E-state index in [1.165, 1.54) is 0 Å². The van der Waals surface area contributed by atoms with Gasteiger partial charge in [-0.1, -0.05) is 12.1 Å². The number of hydrogen-bond donors (Lipinski definition) is 0. The topological polar surface area (TPSA) is 19.9 Å². The molecule has 0 spiro atoms. The minimum Gasteiger partial charge on any atom is -0.232 e. The first-order chi connectivity index (χ1) is 12.2. The summed E-state index contributed by atoms with van der Waals surface area (Å²) in [6, 6.07) is -1.76. The average molecular weight is 443 g/mol. The van der Waals surface area contributed by atoms with Gasteiger partial charge in [-0.15, -0.1) is 0 Å². The molecular weight excluding hydrogens is 438 g/mol. The Morgan fingerprint density at radius 1 is 0.607 bits per heavy atom. The van der Waals surface area contributed by atoms with Gasteiger partial charge in [0, 0.05) is 11.1 Å². The largest absolute Gasteiger partial charge is 0.460 e. The van der Waals surface area contributed by atoms with Gasteiger partial charge in [-0.3, -0.25) is 0 Å². The Morgan fingerprint density at radius 3 is 1.36 bits per heavy atom. The van der Waals surface area contributed by atoms with Crippen molar-refractivity contribution in [1.29, 1.82) is 0 Å². The van der Waals surface area contributed by atoms with E-state index in [9.17, 15) is 66.6 Å². The quantitative estimate of drug-likeness (QED) is 0.484. The molecule has 0 saturated heterocycles. The Labute approximate surface area is 145 Å². The van der Waals surface area contributed by atoms with E-state index in [-0.39, 0.29) is 6.07 Å². The molecule has 1 aromatic rings. The van der Waals surface area contributed by atoms with E-state index in [0.29, 0.717) is 0 Å². The number of rotatable bonds is 5. The molecule has 0 saturated carbocycles. The van der Waals surface area contributed by atoms with E-state index >= 15 is 0 Å². The van der Waals surface area contributed by atoms with Gasteiger partial charge in [0.2, 0.25) is 0 Å². The third kappa shape index (κ3) is 3.48. The van der Waals surface area contributed by atoms with Crippen molar-refractivity contribution in [2.45, 2.75) is 42.6 Å². The first-order valence-corrected chi connectivity index (χ1v) is 6.53. The molecule has 0 aliphatic heterocycles. The van der Waals surface area contributed by atoms with Crippen molar-refractivity contribution in [3.63, 3.8) is 0 Å². The molecule has 0 aliphatic rings. The maximum absolute atomic E-state index is 13.7. The molecule has 0 atom stereocenters. The van der Waals surface area contributed by atoms with Gasteiger partial charge in [0.1, 0.15) is 6.61 Å². The Balaban J connectivity index is 3.75. The molecule has 0 heterocycles. The number of benzene rings is 1. The number of alkyl halides is 14. The normalized spacial score (nSPS) is 15.1. The highest BCUT2D eigenvalue weighted by atomic mass is 19.4. The van der Waals surface area contributed by atoms with Crippen molar-refractivity contribution in [3.8, 4) is 0 Å². The van der Waals surface area contributed by atoms with Crippen LogP contribution in [0.3, 0.4) is 0 Å². The molecule has 0 aromatic heterocycles. The number of hydrogen-bond acceptors (Lipinski definition) is 0. The summed E-state index contributed by atoms with van der Waals surface area (Å²) in [6.45, 7) is -2.00. The standard InChI is InChI=1S/C13H5F14O/c14-8(15,10(18,19)12(22,23)24)6-2-1-5(4-28)7(3-6)9(16,17)11(20,21)13(25,26)27/h1-3H,4H2. The molecule has 15 heteroatoms. The first kappa shape index (κ1) is 24.2. The van der Waals surface area contributed by atoms with Gasteiger partial charge in [-0.2, -0.15) is 61.5 Å². The van der Waals surface area contributed by atoms with Crippen LogP contribution in [0.5, 0.6) is 0 Å². The summed E-state index contributed by atoms with van der Waals surface area (Å²) in [4.78, 5) is 0. The molecule has 1 radical (unpaired) electrons. The predicted molar refractivity (Wildman–Crippen MR) is 60.6 cm³/mol. The fraction of sp³-hybridized carbons (Fsp3) is 0.538. The van der Waals surface area contributed by atoms with Crippen molar-refractivity contribution in [1.82, 2.24) is 0 Å². The number of halogens is 14. The summed E-state index contributed by atoms with van der Waals surface area (Å²) >= 11 is 0. The summed E-state index contributed by atoms with van der Waals surface area (Å²) in [5, 5.41) is 10.7. The van der Waals surface area contributed by atoms with Crippen LogP contribution in [-0.4, -0.2) is 24.2 Å². The third-order valence-corrected chi connectivity index (χ3v) is 3.47. The van der Waals surface area contributed by atoms with Gasteiger partial charge >= 0.3 is 36.0 Å². The van der Waals surface area contributed by atoms with Crippen LogP contribution in [0.25, 0.3) is 0 Å². The van der Waals surface area contributed by atoms with Crippen LogP contribution in [0.1, 0.15) is 16.7 Å². The minimum atomic E-state index is -6.98. The maximum atomic E-state index is 13.7. The molecule has 1 aromatic carbocycles. The summed E-state index contributed by atoms with van der Waals surface area (Å²) in [5.74, 6) is -26.7. The van der Waals surface area contributed by atoms with Crippen molar-refractivity contribution >= 4 is 0 Å². The van der Waals surface area contributed by atoms with Gasteiger partial charge in [-0.25, -0.2) is 5.11 Å². The fourth-order valence-corrected chi connectivity index (χ4v) is 1.90. The monoisotopic (exact) mass is 443 g/mol. The van der Waals surface area contributed by atoms with Crippen LogP contribution in [-0.2, 0) is 23.6 Å². The van der Waals surface area contributed by atoms with Gasteiger partial charge in [0.15, 0.2) is 0 Å². The molecule has 0 amide bonds. The highest BCUT2D eigenvalue weighted by Gasteiger charge is 2.75. The van der Waals surface area contributed by atoms with E-state index in [1.54, 1.807) is 0 Å². The second-order valence-corrected chi connectivity index (χ2v) is 5.31. The predicted octanol–water partition coefficient (Wildman–Crippen LogP) is 6.20. The van der Waals surface area contributed by atoms with E-state index in [4.69, 9.17) is 0 Å². The Hall–Kier alpha value is -1.80. The Kier molecular flexibility index (Phi) is 5.73.